The Hall–Kier alpha value is -0.820. The molecule has 0 aliphatic carbocycles. The van der Waals surface area contributed by atoms with Gasteiger partial charge >= 0.3 is 0 Å². The van der Waals surface area contributed by atoms with E-state index in [4.69, 9.17) is 11.6 Å². The summed E-state index contributed by atoms with van der Waals surface area (Å²) in [7, 11) is 0. The van der Waals surface area contributed by atoms with E-state index < -0.39 is 0 Å². The van der Waals surface area contributed by atoms with Crippen LogP contribution >= 0.6 is 11.6 Å². The molecule has 2 heteroatoms. The third kappa shape index (κ3) is 3.19. The summed E-state index contributed by atoms with van der Waals surface area (Å²) in [5.74, 6) is -0.266. The summed E-state index contributed by atoms with van der Waals surface area (Å²) in [6.07, 6.45) is 2.59. The van der Waals surface area contributed by atoms with Gasteiger partial charge in [0.2, 0.25) is 0 Å². The molecule has 0 saturated carbocycles. The number of benzene rings is 1. The fraction of sp³-hybridized carbons (Fsp3) is 0.182. The average Bonchev–Trinajstić information content (AvgIpc) is 2.06. The summed E-state index contributed by atoms with van der Waals surface area (Å²) in [6.45, 7) is 5.67. The normalized spacial score (nSPS) is 10.1. The summed E-state index contributed by atoms with van der Waals surface area (Å²) in [6, 6.07) is 4.33. The highest BCUT2D eigenvalue weighted by Crippen LogP contribution is 2.20. The summed E-state index contributed by atoms with van der Waals surface area (Å²) in [4.78, 5) is 0. The molecule has 1 aromatic rings. The molecular weight excluding hydrogens is 187 g/mol. The number of hydrogen-bond acceptors (Lipinski definition) is 0. The van der Waals surface area contributed by atoms with Crippen molar-refractivity contribution in [3.8, 4) is 0 Å². The fourth-order valence-corrected chi connectivity index (χ4v) is 1.15. The average molecular weight is 198 g/mol. The minimum atomic E-state index is -0.266. The summed E-state index contributed by atoms with van der Waals surface area (Å²) in [5.41, 5.74) is 1.75. The van der Waals surface area contributed by atoms with Crippen molar-refractivity contribution in [3.05, 3.63) is 53.2 Å². The van der Waals surface area contributed by atoms with E-state index >= 15 is 0 Å². The van der Waals surface area contributed by atoms with Gasteiger partial charge in [-0.2, -0.15) is 0 Å². The molecule has 0 bridgehead atoms. The molecule has 1 rings (SSSR count). The van der Waals surface area contributed by atoms with Crippen LogP contribution in [-0.4, -0.2) is 0 Å². The van der Waals surface area contributed by atoms with Gasteiger partial charge in [0.1, 0.15) is 5.82 Å². The second-order valence-corrected chi connectivity index (χ2v) is 3.44. The van der Waals surface area contributed by atoms with Gasteiger partial charge in [0.15, 0.2) is 0 Å². The molecule has 0 aromatic heterocycles. The Labute approximate surface area is 83.0 Å². The lowest BCUT2D eigenvalue weighted by Gasteiger charge is -2.03. The Morgan fingerprint density at radius 2 is 2.31 bits per heavy atom. The van der Waals surface area contributed by atoms with Crippen LogP contribution in [0, 0.1) is 12.2 Å². The van der Waals surface area contributed by atoms with Gasteiger partial charge in [0.05, 0.1) is 0 Å². The maximum Gasteiger partial charge on any atom is 0.123 e. The maximum atomic E-state index is 12.8. The zero-order chi connectivity index (χ0) is 9.84. The van der Waals surface area contributed by atoms with Crippen LogP contribution in [0.15, 0.2) is 30.4 Å². The third-order valence-electron chi connectivity index (χ3n) is 1.63. The zero-order valence-electron chi connectivity index (χ0n) is 7.48. The van der Waals surface area contributed by atoms with Crippen LogP contribution in [0.5, 0.6) is 0 Å². The molecule has 0 heterocycles. The van der Waals surface area contributed by atoms with Gasteiger partial charge in [-0.1, -0.05) is 17.2 Å². The van der Waals surface area contributed by atoms with Gasteiger partial charge in [-0.05, 0) is 43.5 Å². The van der Waals surface area contributed by atoms with Crippen molar-refractivity contribution < 1.29 is 4.39 Å². The lowest BCUT2D eigenvalue weighted by Crippen LogP contribution is -1.86. The van der Waals surface area contributed by atoms with E-state index in [-0.39, 0.29) is 5.82 Å². The molecule has 0 unspecified atom stereocenters. The van der Waals surface area contributed by atoms with Crippen LogP contribution in [-0.2, 0) is 0 Å². The van der Waals surface area contributed by atoms with E-state index in [9.17, 15) is 4.39 Å². The minimum absolute atomic E-state index is 0.266. The van der Waals surface area contributed by atoms with Gasteiger partial charge in [0.25, 0.3) is 0 Å². The molecule has 0 aliphatic rings. The second kappa shape index (κ2) is 4.43. The van der Waals surface area contributed by atoms with Crippen molar-refractivity contribution in [3.63, 3.8) is 0 Å². The number of hydrogen-bond donors (Lipinski definition) is 0. The van der Waals surface area contributed by atoms with Crippen molar-refractivity contribution in [1.82, 2.24) is 0 Å². The van der Waals surface area contributed by atoms with E-state index in [1.807, 2.05) is 13.3 Å². The van der Waals surface area contributed by atoms with E-state index in [1.54, 1.807) is 6.07 Å². The molecule has 0 N–H and O–H groups in total. The molecule has 0 amide bonds. The van der Waals surface area contributed by atoms with Crippen LogP contribution < -0.4 is 0 Å². The topological polar surface area (TPSA) is 0 Å². The molecule has 0 fully saturated rings. The first kappa shape index (κ1) is 10.3. The number of allylic oxidation sites excluding steroid dienone is 1. The van der Waals surface area contributed by atoms with Crippen molar-refractivity contribution >= 4 is 11.6 Å². The van der Waals surface area contributed by atoms with Crippen molar-refractivity contribution in [2.75, 3.05) is 0 Å². The first-order chi connectivity index (χ1) is 6.09. The van der Waals surface area contributed by atoms with E-state index in [0.717, 1.165) is 17.6 Å². The van der Waals surface area contributed by atoms with Crippen molar-refractivity contribution in [1.29, 1.82) is 0 Å². The quantitative estimate of drug-likeness (QED) is 0.643. The van der Waals surface area contributed by atoms with Gasteiger partial charge in [-0.3, -0.25) is 0 Å². The lowest BCUT2D eigenvalue weighted by molar-refractivity contribution is 0.627. The molecule has 1 aromatic carbocycles. The third-order valence-corrected chi connectivity index (χ3v) is 1.97. The Balaban J connectivity index is 2.75. The lowest BCUT2D eigenvalue weighted by atomic mass is 10.1. The molecule has 0 aliphatic heterocycles. The van der Waals surface area contributed by atoms with Crippen LogP contribution in [0.4, 0.5) is 4.39 Å². The van der Waals surface area contributed by atoms with E-state index in [2.05, 4.69) is 6.58 Å². The van der Waals surface area contributed by atoms with E-state index in [1.165, 1.54) is 12.1 Å². The highest BCUT2D eigenvalue weighted by Gasteiger charge is 2.01. The first-order valence-corrected chi connectivity index (χ1v) is 4.40. The molecular formula is C11H11ClF. The SMILES string of the molecule is C=C(C)C[CH]c1cc(F)ccc1Cl. The molecule has 0 nitrogen and oxygen atoms in total. The van der Waals surface area contributed by atoms with Crippen molar-refractivity contribution in [2.24, 2.45) is 0 Å². The minimum Gasteiger partial charge on any atom is -0.207 e. The van der Waals surface area contributed by atoms with E-state index in [0.29, 0.717) is 5.02 Å². The standard InChI is InChI=1S/C11H11ClF/c1-8(2)3-4-9-7-10(13)5-6-11(9)12/h4-7H,1,3H2,2H3. The van der Waals surface area contributed by atoms with Crippen LogP contribution in [0.1, 0.15) is 18.9 Å². The van der Waals surface area contributed by atoms with Gasteiger partial charge < -0.3 is 0 Å². The highest BCUT2D eigenvalue weighted by atomic mass is 35.5. The smallest absolute Gasteiger partial charge is 0.123 e. The van der Waals surface area contributed by atoms with Gasteiger partial charge in [0, 0.05) is 5.02 Å². The number of halogens is 2. The van der Waals surface area contributed by atoms with Crippen LogP contribution in [0.3, 0.4) is 0 Å². The number of rotatable bonds is 3. The second-order valence-electron chi connectivity index (χ2n) is 3.03. The maximum absolute atomic E-state index is 12.8. The molecule has 69 valence electrons. The Kier molecular flexibility index (Phi) is 3.49. The largest absolute Gasteiger partial charge is 0.207 e. The van der Waals surface area contributed by atoms with Gasteiger partial charge in [-0.15, -0.1) is 6.58 Å². The van der Waals surface area contributed by atoms with Crippen LogP contribution in [0.2, 0.25) is 5.02 Å². The van der Waals surface area contributed by atoms with Crippen molar-refractivity contribution in [2.45, 2.75) is 13.3 Å². The Bertz CT molecular complexity index is 318. The Morgan fingerprint density at radius 3 is 2.92 bits per heavy atom. The van der Waals surface area contributed by atoms with Crippen LogP contribution in [0.25, 0.3) is 0 Å². The summed E-state index contributed by atoms with van der Waals surface area (Å²) < 4.78 is 12.8. The molecule has 0 spiro atoms. The van der Waals surface area contributed by atoms with Gasteiger partial charge in [-0.25, -0.2) is 4.39 Å². The fourth-order valence-electron chi connectivity index (χ4n) is 0.955. The summed E-state index contributed by atoms with van der Waals surface area (Å²) >= 11 is 5.85. The monoisotopic (exact) mass is 197 g/mol. The molecule has 0 atom stereocenters. The summed E-state index contributed by atoms with van der Waals surface area (Å²) in [5, 5.41) is 0.572. The first-order valence-electron chi connectivity index (χ1n) is 4.02. The predicted octanol–water partition coefficient (Wildman–Crippen LogP) is 4.00. The molecule has 1 radical (unpaired) electrons. The predicted molar refractivity (Wildman–Crippen MR) is 54.2 cm³/mol. The molecule has 0 saturated heterocycles. The molecule has 13 heavy (non-hydrogen) atoms. The zero-order valence-corrected chi connectivity index (χ0v) is 8.24. The highest BCUT2D eigenvalue weighted by molar-refractivity contribution is 6.31. The Morgan fingerprint density at radius 1 is 1.62 bits per heavy atom.